The Morgan fingerprint density at radius 3 is 2.57 bits per heavy atom. The molecule has 3 aromatic rings. The molecule has 0 fully saturated rings. The molecule has 2 aromatic carbocycles. The number of aliphatic carboxylic acids is 1. The third-order valence-corrected chi connectivity index (χ3v) is 7.03. The summed E-state index contributed by atoms with van der Waals surface area (Å²) in [7, 11) is 0. The summed E-state index contributed by atoms with van der Waals surface area (Å²) in [6, 6.07) is 14.2. The molecule has 1 aliphatic heterocycles. The first-order valence-electron chi connectivity index (χ1n) is 11.9. The predicted molar refractivity (Wildman–Crippen MR) is 143 cm³/mol. The number of nitrogens with one attached hydrogen (secondary N) is 1. The quantitative estimate of drug-likeness (QED) is 0.401. The van der Waals surface area contributed by atoms with Crippen LogP contribution >= 0.6 is 15.9 Å². The minimum atomic E-state index is -1.11. The van der Waals surface area contributed by atoms with E-state index in [1.165, 1.54) is 6.08 Å². The van der Waals surface area contributed by atoms with E-state index in [2.05, 4.69) is 26.0 Å². The fourth-order valence-corrected chi connectivity index (χ4v) is 5.23. The van der Waals surface area contributed by atoms with Crippen LogP contribution < -0.4 is 5.56 Å². The van der Waals surface area contributed by atoms with Crippen LogP contribution in [-0.2, 0) is 9.59 Å². The van der Waals surface area contributed by atoms with Crippen molar-refractivity contribution in [1.29, 1.82) is 0 Å². The van der Waals surface area contributed by atoms with Gasteiger partial charge in [0.2, 0.25) is 5.91 Å². The first-order valence-corrected chi connectivity index (χ1v) is 12.7. The summed E-state index contributed by atoms with van der Waals surface area (Å²) in [5, 5.41) is 15.6. The van der Waals surface area contributed by atoms with Gasteiger partial charge in [-0.2, -0.15) is 5.10 Å². The van der Waals surface area contributed by atoms with E-state index in [-0.39, 0.29) is 24.8 Å². The first-order chi connectivity index (χ1) is 17.8. The molecule has 2 heterocycles. The zero-order valence-electron chi connectivity index (χ0n) is 19.7. The van der Waals surface area contributed by atoms with Crippen molar-refractivity contribution in [2.45, 2.75) is 38.1 Å². The molecule has 1 aliphatic carbocycles. The van der Waals surface area contributed by atoms with Crippen molar-refractivity contribution in [3.63, 3.8) is 0 Å². The second kappa shape index (κ2) is 10.3. The number of amides is 1. The van der Waals surface area contributed by atoms with Crippen molar-refractivity contribution in [2.24, 2.45) is 5.10 Å². The number of H-pyrrole nitrogens is 1. The Kier molecular flexibility index (Phi) is 6.88. The minimum Gasteiger partial charge on any atom is -0.481 e. The van der Waals surface area contributed by atoms with E-state index in [9.17, 15) is 18.8 Å². The Hall–Kier alpha value is -3.85. The average Bonchev–Trinajstić information content (AvgIpc) is 3.32. The van der Waals surface area contributed by atoms with Crippen LogP contribution in [0.4, 0.5) is 4.39 Å². The third-order valence-electron chi connectivity index (χ3n) is 6.54. The molecule has 2 N–H and O–H groups in total. The van der Waals surface area contributed by atoms with E-state index in [0.29, 0.717) is 40.8 Å². The smallest absolute Gasteiger partial charge is 0.303 e. The molecule has 2 aliphatic rings. The molecular weight excluding hydrogens is 541 g/mol. The summed E-state index contributed by atoms with van der Waals surface area (Å²) < 4.78 is 15.7. The van der Waals surface area contributed by atoms with E-state index in [4.69, 9.17) is 5.11 Å². The van der Waals surface area contributed by atoms with E-state index in [1.54, 1.807) is 6.08 Å². The van der Waals surface area contributed by atoms with E-state index < -0.39 is 23.7 Å². The molecule has 1 atom stereocenters. The maximum absolute atomic E-state index is 14.9. The Morgan fingerprint density at radius 2 is 1.84 bits per heavy atom. The number of allylic oxidation sites excluding steroid dienone is 2. The van der Waals surface area contributed by atoms with Crippen molar-refractivity contribution >= 4 is 44.4 Å². The summed E-state index contributed by atoms with van der Waals surface area (Å²) in [5.74, 6) is -2.08. The van der Waals surface area contributed by atoms with Gasteiger partial charge in [0.05, 0.1) is 23.7 Å². The van der Waals surface area contributed by atoms with Gasteiger partial charge in [0.25, 0.3) is 5.56 Å². The molecule has 0 spiro atoms. The van der Waals surface area contributed by atoms with Crippen LogP contribution in [0.1, 0.15) is 37.7 Å². The SMILES string of the molecule is O=C(O)CCC(=O)N1N=C(c2c(-c3ccccc3)c3cc(Br)ccc3[nH]c2=O)CC1C1=CCCC=C1F. The normalized spacial score (nSPS) is 17.4. The molecule has 7 nitrogen and oxygen atoms in total. The highest BCUT2D eigenvalue weighted by Gasteiger charge is 2.38. The second-order valence-electron chi connectivity index (χ2n) is 8.95. The molecule has 1 amide bonds. The summed E-state index contributed by atoms with van der Waals surface area (Å²) in [4.78, 5) is 40.6. The Morgan fingerprint density at radius 1 is 1.08 bits per heavy atom. The fraction of sp³-hybridized carbons (Fsp3) is 0.214. The lowest BCUT2D eigenvalue weighted by Crippen LogP contribution is -2.35. The van der Waals surface area contributed by atoms with Gasteiger partial charge in [-0.3, -0.25) is 14.4 Å². The molecule has 0 saturated carbocycles. The van der Waals surface area contributed by atoms with E-state index in [1.807, 2.05) is 48.5 Å². The molecule has 0 saturated heterocycles. The van der Waals surface area contributed by atoms with Crippen molar-refractivity contribution in [1.82, 2.24) is 9.99 Å². The van der Waals surface area contributed by atoms with Gasteiger partial charge in [0.1, 0.15) is 5.83 Å². The summed E-state index contributed by atoms with van der Waals surface area (Å²) in [5.41, 5.74) is 2.70. The van der Waals surface area contributed by atoms with E-state index >= 15 is 0 Å². The number of benzene rings is 2. The monoisotopic (exact) mass is 563 g/mol. The van der Waals surface area contributed by atoms with Gasteiger partial charge in [0, 0.05) is 39.4 Å². The number of fused-ring (bicyclic) bond motifs is 1. The largest absolute Gasteiger partial charge is 0.481 e. The number of hydrogen-bond acceptors (Lipinski definition) is 4. The number of carbonyl (C=O) groups excluding carboxylic acids is 1. The van der Waals surface area contributed by atoms with Gasteiger partial charge in [-0.15, -0.1) is 0 Å². The fourth-order valence-electron chi connectivity index (χ4n) is 4.87. The Labute approximate surface area is 220 Å². The van der Waals surface area contributed by atoms with Crippen LogP contribution in [0.25, 0.3) is 22.0 Å². The summed E-state index contributed by atoms with van der Waals surface area (Å²) in [6.07, 6.45) is 3.86. The van der Waals surface area contributed by atoms with Crippen molar-refractivity contribution in [3.8, 4) is 11.1 Å². The number of carbonyl (C=O) groups is 2. The highest BCUT2D eigenvalue weighted by Crippen LogP contribution is 2.37. The molecule has 1 unspecified atom stereocenters. The zero-order valence-corrected chi connectivity index (χ0v) is 21.3. The highest BCUT2D eigenvalue weighted by molar-refractivity contribution is 9.10. The number of rotatable bonds is 6. The number of hydrogen-bond donors (Lipinski definition) is 2. The number of nitrogens with zero attached hydrogens (tertiary/aromatic N) is 2. The van der Waals surface area contributed by atoms with Gasteiger partial charge in [-0.05, 0) is 42.7 Å². The average molecular weight is 564 g/mol. The van der Waals surface area contributed by atoms with Crippen molar-refractivity contribution < 1.29 is 19.1 Å². The maximum Gasteiger partial charge on any atom is 0.303 e. The van der Waals surface area contributed by atoms with Crippen LogP contribution in [0, 0.1) is 0 Å². The molecule has 5 rings (SSSR count). The summed E-state index contributed by atoms with van der Waals surface area (Å²) in [6.45, 7) is 0. The third kappa shape index (κ3) is 4.91. The summed E-state index contributed by atoms with van der Waals surface area (Å²) >= 11 is 3.51. The van der Waals surface area contributed by atoms with E-state index in [0.717, 1.165) is 20.4 Å². The molecule has 37 heavy (non-hydrogen) atoms. The van der Waals surface area contributed by atoms with Gasteiger partial charge in [-0.1, -0.05) is 52.3 Å². The Bertz CT molecular complexity index is 1560. The van der Waals surface area contributed by atoms with Gasteiger partial charge >= 0.3 is 5.97 Å². The van der Waals surface area contributed by atoms with Crippen LogP contribution in [0.2, 0.25) is 0 Å². The molecule has 0 radical (unpaired) electrons. The number of carboxylic acids is 1. The van der Waals surface area contributed by atoms with Crippen LogP contribution in [0.3, 0.4) is 0 Å². The second-order valence-corrected chi connectivity index (χ2v) is 9.86. The minimum absolute atomic E-state index is 0.119. The van der Waals surface area contributed by atoms with Gasteiger partial charge < -0.3 is 10.1 Å². The standard InChI is InChI=1S/C28H23BrFN3O4/c29-17-10-11-21-19(14-17)26(16-6-2-1-3-7-16)27(28(37)31-21)22-15-23(18-8-4-5-9-20(18)30)33(32-22)24(34)12-13-25(35)36/h1-3,6-11,14,23H,4-5,12-13,15H2,(H,31,37)(H,35,36). The number of aromatic nitrogens is 1. The number of hydrazone groups is 1. The lowest BCUT2D eigenvalue weighted by molar-refractivity contribution is -0.141. The highest BCUT2D eigenvalue weighted by atomic mass is 79.9. The van der Waals surface area contributed by atoms with Gasteiger partial charge in [-0.25, -0.2) is 9.40 Å². The number of halogens is 2. The van der Waals surface area contributed by atoms with Crippen LogP contribution in [0.15, 0.2) is 86.5 Å². The number of carboxylic acid groups (broad SMARTS) is 1. The number of pyridine rings is 1. The lowest BCUT2D eigenvalue weighted by Gasteiger charge is -2.24. The lowest BCUT2D eigenvalue weighted by atomic mass is 9.89. The molecule has 1 aromatic heterocycles. The molecular formula is C28H23BrFN3O4. The predicted octanol–water partition coefficient (Wildman–Crippen LogP) is 5.70. The van der Waals surface area contributed by atoms with Crippen molar-refractivity contribution in [3.05, 3.63) is 92.5 Å². The number of aromatic amines is 1. The molecule has 0 bridgehead atoms. The maximum atomic E-state index is 14.9. The molecule has 9 heteroatoms. The zero-order chi connectivity index (χ0) is 26.1. The molecule has 188 valence electrons. The Balaban J connectivity index is 1.69. The van der Waals surface area contributed by atoms with Crippen LogP contribution in [-0.4, -0.2) is 38.7 Å². The van der Waals surface area contributed by atoms with Crippen LogP contribution in [0.5, 0.6) is 0 Å². The van der Waals surface area contributed by atoms with Gasteiger partial charge in [0.15, 0.2) is 0 Å². The topological polar surface area (TPSA) is 103 Å². The van der Waals surface area contributed by atoms with Crippen molar-refractivity contribution in [2.75, 3.05) is 0 Å². The first kappa shape index (κ1) is 24.8.